The molecule has 0 spiro atoms. The second kappa shape index (κ2) is 7.36. The van der Waals surface area contributed by atoms with E-state index >= 15 is 0 Å². The first-order valence-electron chi connectivity index (χ1n) is 7.09. The van der Waals surface area contributed by atoms with Crippen LogP contribution in [0.3, 0.4) is 0 Å². The van der Waals surface area contributed by atoms with Crippen LogP contribution in [0.5, 0.6) is 17.2 Å². The van der Waals surface area contributed by atoms with Crippen molar-refractivity contribution in [2.24, 2.45) is 0 Å². The minimum atomic E-state index is 0.204. The zero-order valence-electron chi connectivity index (χ0n) is 12.1. The standard InChI is InChI=1S/C15H23NO4/c1-3-12(4-5-17)16-10-11-8-13(18-2)15-14(9-11)19-6-7-20-15/h8-9,12,16-17H,3-7,10H2,1-2H3. The Labute approximate surface area is 119 Å². The summed E-state index contributed by atoms with van der Waals surface area (Å²) in [5, 5.41) is 12.4. The van der Waals surface area contributed by atoms with E-state index in [1.165, 1.54) is 0 Å². The SMILES string of the molecule is CCC(CCO)NCc1cc(OC)c2c(c1)OCCO2. The largest absolute Gasteiger partial charge is 0.493 e. The van der Waals surface area contributed by atoms with E-state index in [9.17, 15) is 0 Å². The quantitative estimate of drug-likeness (QED) is 0.797. The minimum Gasteiger partial charge on any atom is -0.493 e. The van der Waals surface area contributed by atoms with Crippen LogP contribution in [0.2, 0.25) is 0 Å². The first kappa shape index (κ1) is 14.9. The van der Waals surface area contributed by atoms with Gasteiger partial charge in [-0.15, -0.1) is 0 Å². The number of ether oxygens (including phenoxy) is 3. The lowest BCUT2D eigenvalue weighted by Crippen LogP contribution is -2.29. The molecule has 1 unspecified atom stereocenters. The minimum absolute atomic E-state index is 0.204. The topological polar surface area (TPSA) is 60.0 Å². The van der Waals surface area contributed by atoms with Crippen molar-refractivity contribution in [3.05, 3.63) is 17.7 Å². The second-order valence-electron chi connectivity index (χ2n) is 4.82. The lowest BCUT2D eigenvalue weighted by atomic mass is 10.1. The van der Waals surface area contributed by atoms with E-state index in [0.717, 1.165) is 24.2 Å². The maximum atomic E-state index is 9.01. The van der Waals surface area contributed by atoms with Crippen molar-refractivity contribution in [3.63, 3.8) is 0 Å². The van der Waals surface area contributed by atoms with Gasteiger partial charge in [-0.05, 0) is 30.5 Å². The molecule has 1 aromatic rings. The van der Waals surface area contributed by atoms with Crippen LogP contribution < -0.4 is 19.5 Å². The number of hydrogen-bond acceptors (Lipinski definition) is 5. The van der Waals surface area contributed by atoms with E-state index in [2.05, 4.69) is 12.2 Å². The number of hydrogen-bond donors (Lipinski definition) is 2. The van der Waals surface area contributed by atoms with Gasteiger partial charge in [0.2, 0.25) is 5.75 Å². The molecule has 0 aliphatic carbocycles. The van der Waals surface area contributed by atoms with E-state index < -0.39 is 0 Å². The molecule has 1 aliphatic rings. The van der Waals surface area contributed by atoms with Gasteiger partial charge >= 0.3 is 0 Å². The molecule has 2 N–H and O–H groups in total. The maximum absolute atomic E-state index is 9.01. The molecule has 112 valence electrons. The number of benzene rings is 1. The van der Waals surface area contributed by atoms with Crippen molar-refractivity contribution in [1.29, 1.82) is 0 Å². The molecule has 1 aromatic carbocycles. The van der Waals surface area contributed by atoms with Gasteiger partial charge in [-0.3, -0.25) is 0 Å². The summed E-state index contributed by atoms with van der Waals surface area (Å²) in [7, 11) is 1.63. The molecule has 0 aromatic heterocycles. The third kappa shape index (κ3) is 3.55. The summed E-state index contributed by atoms with van der Waals surface area (Å²) in [5.41, 5.74) is 1.09. The lowest BCUT2D eigenvalue weighted by Gasteiger charge is -2.22. The molecule has 1 heterocycles. The van der Waals surface area contributed by atoms with E-state index in [-0.39, 0.29) is 6.61 Å². The molecule has 1 atom stereocenters. The molecule has 0 fully saturated rings. The summed E-state index contributed by atoms with van der Waals surface area (Å²) in [4.78, 5) is 0. The Morgan fingerprint density at radius 1 is 1.35 bits per heavy atom. The van der Waals surface area contributed by atoms with Crippen LogP contribution in [-0.4, -0.2) is 38.1 Å². The van der Waals surface area contributed by atoms with Gasteiger partial charge in [-0.2, -0.15) is 0 Å². The van der Waals surface area contributed by atoms with Crippen molar-refractivity contribution < 1.29 is 19.3 Å². The van der Waals surface area contributed by atoms with Crippen LogP contribution in [0.15, 0.2) is 12.1 Å². The summed E-state index contributed by atoms with van der Waals surface area (Å²) in [6, 6.07) is 4.26. The van der Waals surface area contributed by atoms with Crippen molar-refractivity contribution in [1.82, 2.24) is 5.32 Å². The smallest absolute Gasteiger partial charge is 0.203 e. The summed E-state index contributed by atoms with van der Waals surface area (Å²) < 4.78 is 16.6. The van der Waals surface area contributed by atoms with Gasteiger partial charge in [0.1, 0.15) is 13.2 Å². The van der Waals surface area contributed by atoms with Crippen molar-refractivity contribution in [2.75, 3.05) is 26.9 Å². The van der Waals surface area contributed by atoms with Crippen LogP contribution in [0.25, 0.3) is 0 Å². The predicted molar refractivity (Wildman–Crippen MR) is 76.6 cm³/mol. The lowest BCUT2D eigenvalue weighted by molar-refractivity contribution is 0.165. The van der Waals surface area contributed by atoms with Crippen LogP contribution in [0.4, 0.5) is 0 Å². The predicted octanol–water partition coefficient (Wildman–Crippen LogP) is 1.72. The van der Waals surface area contributed by atoms with E-state index in [4.69, 9.17) is 19.3 Å². The van der Waals surface area contributed by atoms with Gasteiger partial charge in [-0.25, -0.2) is 0 Å². The van der Waals surface area contributed by atoms with Crippen molar-refractivity contribution in [3.8, 4) is 17.2 Å². The highest BCUT2D eigenvalue weighted by atomic mass is 16.6. The summed E-state index contributed by atoms with van der Waals surface area (Å²) in [5.74, 6) is 2.13. The molecule has 2 rings (SSSR count). The van der Waals surface area contributed by atoms with Gasteiger partial charge in [0, 0.05) is 19.2 Å². The molecule has 5 nitrogen and oxygen atoms in total. The fraction of sp³-hybridized carbons (Fsp3) is 0.600. The Kier molecular flexibility index (Phi) is 5.49. The maximum Gasteiger partial charge on any atom is 0.203 e. The zero-order valence-corrected chi connectivity index (χ0v) is 12.1. The Hall–Kier alpha value is -1.46. The van der Waals surface area contributed by atoms with Gasteiger partial charge < -0.3 is 24.6 Å². The molecule has 0 amide bonds. The highest BCUT2D eigenvalue weighted by Gasteiger charge is 2.18. The fourth-order valence-corrected chi connectivity index (χ4v) is 2.30. The molecule has 0 bridgehead atoms. The van der Waals surface area contributed by atoms with Crippen LogP contribution in [-0.2, 0) is 6.54 Å². The molecule has 1 aliphatic heterocycles. The molecule has 0 saturated carbocycles. The van der Waals surface area contributed by atoms with Crippen LogP contribution in [0.1, 0.15) is 25.3 Å². The third-order valence-electron chi connectivity index (χ3n) is 3.45. The van der Waals surface area contributed by atoms with Gasteiger partial charge in [0.05, 0.1) is 7.11 Å². The van der Waals surface area contributed by atoms with Gasteiger partial charge in [-0.1, -0.05) is 6.92 Å². The van der Waals surface area contributed by atoms with Gasteiger partial charge in [0.25, 0.3) is 0 Å². The summed E-state index contributed by atoms with van der Waals surface area (Å²) in [6.07, 6.45) is 1.75. The summed E-state index contributed by atoms with van der Waals surface area (Å²) >= 11 is 0. The molecular formula is C15H23NO4. The van der Waals surface area contributed by atoms with E-state index in [0.29, 0.717) is 37.3 Å². The average Bonchev–Trinajstić information content (AvgIpc) is 2.50. The highest BCUT2D eigenvalue weighted by molar-refractivity contribution is 5.54. The Balaban J connectivity index is 2.08. The number of rotatable bonds is 7. The monoisotopic (exact) mass is 281 g/mol. The number of aliphatic hydroxyl groups is 1. The van der Waals surface area contributed by atoms with Crippen LogP contribution in [0, 0.1) is 0 Å². The highest BCUT2D eigenvalue weighted by Crippen LogP contribution is 2.40. The number of fused-ring (bicyclic) bond motifs is 1. The van der Waals surface area contributed by atoms with Crippen molar-refractivity contribution in [2.45, 2.75) is 32.4 Å². The zero-order chi connectivity index (χ0) is 14.4. The molecule has 5 heteroatoms. The number of nitrogens with one attached hydrogen (secondary N) is 1. The third-order valence-corrected chi connectivity index (χ3v) is 3.45. The molecular weight excluding hydrogens is 258 g/mol. The Morgan fingerprint density at radius 3 is 2.85 bits per heavy atom. The van der Waals surface area contributed by atoms with E-state index in [1.54, 1.807) is 7.11 Å². The average molecular weight is 281 g/mol. The molecule has 0 saturated heterocycles. The number of aliphatic hydroxyl groups excluding tert-OH is 1. The van der Waals surface area contributed by atoms with E-state index in [1.807, 2.05) is 12.1 Å². The fourth-order valence-electron chi connectivity index (χ4n) is 2.30. The first-order valence-corrected chi connectivity index (χ1v) is 7.09. The number of methoxy groups -OCH3 is 1. The van der Waals surface area contributed by atoms with Crippen LogP contribution >= 0.6 is 0 Å². The first-order chi connectivity index (χ1) is 9.78. The van der Waals surface area contributed by atoms with Crippen molar-refractivity contribution >= 4 is 0 Å². The molecule has 0 radical (unpaired) electrons. The van der Waals surface area contributed by atoms with Gasteiger partial charge in [0.15, 0.2) is 11.5 Å². The molecule has 20 heavy (non-hydrogen) atoms. The second-order valence-corrected chi connectivity index (χ2v) is 4.82. The normalized spacial score (nSPS) is 14.9. The Morgan fingerprint density at radius 2 is 2.15 bits per heavy atom. The summed E-state index contributed by atoms with van der Waals surface area (Å²) in [6.45, 7) is 4.14. The Bertz CT molecular complexity index is 419.